The molecule has 0 amide bonds. The molecule has 0 rings (SSSR count). The second-order valence-corrected chi connectivity index (χ2v) is 6.47. The Hall–Kier alpha value is 1.30. The first-order valence-corrected chi connectivity index (χ1v) is 11.7. The summed E-state index contributed by atoms with van der Waals surface area (Å²) in [5.41, 5.74) is 0. The molecule has 0 saturated heterocycles. The van der Waals surface area contributed by atoms with Crippen molar-refractivity contribution in [1.29, 1.82) is 0 Å². The zero-order valence-electron chi connectivity index (χ0n) is 8.39. The van der Waals surface area contributed by atoms with E-state index >= 15 is 0 Å². The molecular weight excluding hydrogens is 318 g/mol. The van der Waals surface area contributed by atoms with Gasteiger partial charge in [-0.2, -0.15) is 0 Å². The van der Waals surface area contributed by atoms with Crippen molar-refractivity contribution in [3.63, 3.8) is 0 Å². The van der Waals surface area contributed by atoms with Gasteiger partial charge in [-0.15, -0.1) is 0 Å². The number of aliphatic hydroxyl groups is 2. The molecule has 0 atom stereocenters. The molecule has 0 aliphatic heterocycles. The van der Waals surface area contributed by atoms with Crippen molar-refractivity contribution in [3.05, 3.63) is 0 Å². The van der Waals surface area contributed by atoms with Crippen LogP contribution >= 0.6 is 17.8 Å². The summed E-state index contributed by atoms with van der Waals surface area (Å²) >= 11 is -0.826. The van der Waals surface area contributed by atoms with Gasteiger partial charge >= 0.3 is 36.7 Å². The van der Waals surface area contributed by atoms with Crippen LogP contribution in [0, 0.1) is 0 Å². The van der Waals surface area contributed by atoms with Crippen LogP contribution in [0.4, 0.5) is 0 Å². The standard InChI is InChI=1S/2C4H10O.2ClH.Sn/c2*1-2-3-4-5;;;/h2*5H,2-4H2,1H3;2*1H;/q;;;;+2/p-2. The normalized spacial score (nSPS) is 7.85. The predicted molar refractivity (Wildman–Crippen MR) is 61.4 cm³/mol. The van der Waals surface area contributed by atoms with Crippen LogP contribution in [0.3, 0.4) is 0 Å². The molecule has 0 aromatic heterocycles. The first-order chi connectivity index (χ1) is 6.24. The molecule has 0 aliphatic carbocycles. The molecule has 5 heteroatoms. The zero-order chi connectivity index (χ0) is 10.9. The van der Waals surface area contributed by atoms with Crippen LogP contribution in [0.1, 0.15) is 39.5 Å². The van der Waals surface area contributed by atoms with E-state index in [1.54, 1.807) is 0 Å². The number of hydrogen-bond donors (Lipinski definition) is 2. The number of hydrogen-bond acceptors (Lipinski definition) is 2. The van der Waals surface area contributed by atoms with Crippen LogP contribution in [0.5, 0.6) is 0 Å². The molecule has 0 unspecified atom stereocenters. The monoisotopic (exact) mass is 338 g/mol. The van der Waals surface area contributed by atoms with Crippen molar-refractivity contribution >= 4 is 36.7 Å². The second kappa shape index (κ2) is 29.2. The minimum absolute atomic E-state index is 0.344. The number of rotatable bonds is 4. The Kier molecular flexibility index (Phi) is 44.5. The van der Waals surface area contributed by atoms with Crippen LogP contribution in [0.15, 0.2) is 0 Å². The van der Waals surface area contributed by atoms with E-state index < -0.39 is 18.9 Å². The summed E-state index contributed by atoms with van der Waals surface area (Å²) in [5, 5.41) is 16.1. The van der Waals surface area contributed by atoms with Crippen molar-refractivity contribution in [2.24, 2.45) is 0 Å². The summed E-state index contributed by atoms with van der Waals surface area (Å²) in [6.45, 7) is 4.79. The fourth-order valence-electron chi connectivity index (χ4n) is 0.316. The molecule has 0 bridgehead atoms. The van der Waals surface area contributed by atoms with Gasteiger partial charge < -0.3 is 10.2 Å². The van der Waals surface area contributed by atoms with Gasteiger partial charge in [0.25, 0.3) is 0 Å². The summed E-state index contributed by atoms with van der Waals surface area (Å²) in [6, 6.07) is 0. The van der Waals surface area contributed by atoms with Gasteiger partial charge in [0.15, 0.2) is 0 Å². The average molecular weight is 338 g/mol. The summed E-state index contributed by atoms with van der Waals surface area (Å²) in [5.74, 6) is 0. The molecule has 0 heterocycles. The van der Waals surface area contributed by atoms with Crippen molar-refractivity contribution in [2.75, 3.05) is 13.2 Å². The van der Waals surface area contributed by atoms with Crippen LogP contribution in [-0.2, 0) is 0 Å². The molecule has 13 heavy (non-hydrogen) atoms. The molecule has 2 radical (unpaired) electrons. The number of unbranched alkanes of at least 4 members (excludes halogenated alkanes) is 2. The first kappa shape index (κ1) is 19.8. The van der Waals surface area contributed by atoms with Crippen molar-refractivity contribution in [3.8, 4) is 0 Å². The minimum atomic E-state index is -0.826. The van der Waals surface area contributed by atoms with Crippen LogP contribution in [0.2, 0.25) is 0 Å². The summed E-state index contributed by atoms with van der Waals surface area (Å²) in [4.78, 5) is 0. The maximum atomic E-state index is 8.07. The van der Waals surface area contributed by atoms with Crippen LogP contribution in [-0.4, -0.2) is 42.3 Å². The first-order valence-electron chi connectivity index (χ1n) is 4.42. The Bertz CT molecular complexity index is 49.4. The number of aliphatic hydroxyl groups excluding tert-OH is 2. The molecule has 2 nitrogen and oxygen atoms in total. The fraction of sp³-hybridized carbons (Fsp3) is 1.00. The zero-order valence-corrected chi connectivity index (χ0v) is 12.8. The fourth-order valence-corrected chi connectivity index (χ4v) is 0.316. The third-order valence-corrected chi connectivity index (χ3v) is 1.02. The molecule has 82 valence electrons. The SMILES string of the molecule is CCCCO.CCCCO.[Cl][Sn][Cl]. The Morgan fingerprint density at radius 3 is 1.15 bits per heavy atom. The summed E-state index contributed by atoms with van der Waals surface area (Å²) in [7, 11) is 9.87. The topological polar surface area (TPSA) is 40.5 Å². The number of halogens is 2. The van der Waals surface area contributed by atoms with Crippen LogP contribution < -0.4 is 0 Å². The van der Waals surface area contributed by atoms with Crippen molar-refractivity contribution in [1.82, 2.24) is 0 Å². The van der Waals surface area contributed by atoms with Gasteiger partial charge in [0.2, 0.25) is 0 Å². The average Bonchev–Trinajstić information content (AvgIpc) is 2.09. The molecule has 0 saturated carbocycles. The molecule has 0 aromatic rings. The third kappa shape index (κ3) is 60.5. The van der Waals surface area contributed by atoms with E-state index in [1.807, 2.05) is 0 Å². The van der Waals surface area contributed by atoms with E-state index in [4.69, 9.17) is 28.1 Å². The maximum absolute atomic E-state index is 8.07. The molecule has 0 spiro atoms. The molecule has 0 aromatic carbocycles. The van der Waals surface area contributed by atoms with Gasteiger partial charge in [-0.05, 0) is 12.8 Å². The van der Waals surface area contributed by atoms with Gasteiger partial charge in [-0.1, -0.05) is 26.7 Å². The van der Waals surface area contributed by atoms with E-state index in [9.17, 15) is 0 Å². The van der Waals surface area contributed by atoms with Gasteiger partial charge in [-0.3, -0.25) is 0 Å². The quantitative estimate of drug-likeness (QED) is 0.774. The van der Waals surface area contributed by atoms with E-state index in [-0.39, 0.29) is 0 Å². The molecule has 0 aliphatic rings. The summed E-state index contributed by atoms with van der Waals surface area (Å²) < 4.78 is 0. The third-order valence-electron chi connectivity index (χ3n) is 1.02. The molecule has 2 N–H and O–H groups in total. The van der Waals surface area contributed by atoms with Crippen molar-refractivity contribution < 1.29 is 10.2 Å². The van der Waals surface area contributed by atoms with E-state index in [1.165, 1.54) is 0 Å². The second-order valence-electron chi connectivity index (χ2n) is 2.23. The van der Waals surface area contributed by atoms with E-state index in [0.29, 0.717) is 13.2 Å². The van der Waals surface area contributed by atoms with Gasteiger partial charge in [0, 0.05) is 13.2 Å². The predicted octanol–water partition coefficient (Wildman–Crippen LogP) is 2.56. The molecule has 0 fully saturated rings. The molecular formula is C8H20Cl2O2Sn. The Labute approximate surface area is 99.3 Å². The van der Waals surface area contributed by atoms with Gasteiger partial charge in [0.05, 0.1) is 0 Å². The van der Waals surface area contributed by atoms with Gasteiger partial charge in [0.1, 0.15) is 0 Å². The van der Waals surface area contributed by atoms with Crippen molar-refractivity contribution in [2.45, 2.75) is 39.5 Å². The summed E-state index contributed by atoms with van der Waals surface area (Å²) in [6.07, 6.45) is 4.08. The van der Waals surface area contributed by atoms with E-state index in [0.717, 1.165) is 25.7 Å². The Balaban J connectivity index is -0.000000120. The Morgan fingerprint density at radius 2 is 1.15 bits per heavy atom. The Morgan fingerprint density at radius 1 is 0.923 bits per heavy atom. The van der Waals surface area contributed by atoms with E-state index in [2.05, 4.69) is 13.8 Å². The van der Waals surface area contributed by atoms with Crippen LogP contribution in [0.25, 0.3) is 0 Å². The van der Waals surface area contributed by atoms with Gasteiger partial charge in [-0.25, -0.2) is 0 Å².